The number of hydrogen-bond acceptors (Lipinski definition) is 6. The molecule has 0 radical (unpaired) electrons. The van der Waals surface area contributed by atoms with Crippen LogP contribution >= 0.6 is 0 Å². The van der Waals surface area contributed by atoms with Crippen molar-refractivity contribution in [2.75, 3.05) is 0 Å². The Bertz CT molecular complexity index is 803. The third kappa shape index (κ3) is 3.23. The fourth-order valence-electron chi connectivity index (χ4n) is 1.81. The van der Waals surface area contributed by atoms with Gasteiger partial charge in [-0.15, -0.1) is 5.10 Å². The molecule has 1 unspecified atom stereocenters. The van der Waals surface area contributed by atoms with E-state index in [2.05, 4.69) is 15.2 Å². The van der Waals surface area contributed by atoms with Crippen molar-refractivity contribution in [3.05, 3.63) is 54.2 Å². The van der Waals surface area contributed by atoms with Crippen LogP contribution < -0.4 is 0 Å². The Morgan fingerprint density at radius 3 is 2.50 bits per heavy atom. The van der Waals surface area contributed by atoms with Crippen molar-refractivity contribution in [2.45, 2.75) is 5.75 Å². The van der Waals surface area contributed by atoms with Gasteiger partial charge in [0.1, 0.15) is 23.5 Å². The normalized spacial score (nSPS) is 12.3. The van der Waals surface area contributed by atoms with Crippen LogP contribution in [0.1, 0.15) is 5.69 Å². The first-order chi connectivity index (χ1) is 10.6. The Hall–Kier alpha value is -2.45. The average Bonchev–Trinajstić information content (AvgIpc) is 2.98. The largest absolute Gasteiger partial charge is 0.772 e. The summed E-state index contributed by atoms with van der Waals surface area (Å²) in [7, 11) is 0. The third-order valence-electron chi connectivity index (χ3n) is 2.84. The number of hydrogen-bond donors (Lipinski definition) is 0. The maximum absolute atomic E-state index is 12.9. The van der Waals surface area contributed by atoms with Crippen molar-refractivity contribution >= 4 is 11.1 Å². The molecule has 3 rings (SSSR count). The van der Waals surface area contributed by atoms with Gasteiger partial charge in [0.05, 0.1) is 11.4 Å². The first-order valence-electron chi connectivity index (χ1n) is 6.22. The fourth-order valence-corrected chi connectivity index (χ4v) is 2.21. The Labute approximate surface area is 127 Å². The summed E-state index contributed by atoms with van der Waals surface area (Å²) in [4.78, 5) is 4.26. The lowest BCUT2D eigenvalue weighted by Crippen LogP contribution is -1.99. The Morgan fingerprint density at radius 2 is 1.86 bits per heavy atom. The lowest BCUT2D eigenvalue weighted by atomic mass is 10.2. The molecule has 0 bridgehead atoms. The van der Waals surface area contributed by atoms with E-state index in [-0.39, 0.29) is 11.6 Å². The van der Waals surface area contributed by atoms with Gasteiger partial charge < -0.3 is 8.97 Å². The number of aromatic nitrogens is 3. The summed E-state index contributed by atoms with van der Waals surface area (Å²) in [6.07, 6.45) is 1.41. The fraction of sp³-hybridized carbons (Fsp3) is 0.0714. The number of benzene rings is 1. The minimum absolute atomic E-state index is 0.188. The van der Waals surface area contributed by atoms with Gasteiger partial charge in [-0.1, -0.05) is 0 Å². The zero-order valence-electron chi connectivity index (χ0n) is 11.1. The van der Waals surface area contributed by atoms with Crippen molar-refractivity contribution in [3.8, 4) is 22.8 Å². The van der Waals surface area contributed by atoms with Gasteiger partial charge in [0.25, 0.3) is 0 Å². The number of halogens is 1. The molecule has 1 atom stereocenters. The number of oxazole rings is 1. The average molecular weight is 318 g/mol. The summed E-state index contributed by atoms with van der Waals surface area (Å²) in [5, 5.41) is 7.73. The van der Waals surface area contributed by atoms with Crippen LogP contribution in [0.25, 0.3) is 22.8 Å². The third-order valence-corrected chi connectivity index (χ3v) is 3.37. The second kappa shape index (κ2) is 6.12. The first-order valence-corrected chi connectivity index (χ1v) is 7.46. The van der Waals surface area contributed by atoms with Crippen LogP contribution in [0.5, 0.6) is 0 Å². The molecule has 0 aliphatic heterocycles. The molecule has 2 heterocycles. The smallest absolute Gasteiger partial charge is 0.226 e. The molecule has 0 N–H and O–H groups in total. The number of nitrogens with zero attached hydrogens (tertiary/aromatic N) is 3. The van der Waals surface area contributed by atoms with Gasteiger partial charge >= 0.3 is 0 Å². The molecule has 0 spiro atoms. The summed E-state index contributed by atoms with van der Waals surface area (Å²) >= 11 is -2.21. The van der Waals surface area contributed by atoms with E-state index < -0.39 is 11.1 Å². The van der Waals surface area contributed by atoms with Crippen molar-refractivity contribution in [1.29, 1.82) is 0 Å². The Kier molecular flexibility index (Phi) is 4.03. The molecule has 112 valence electrons. The molecule has 1 aromatic carbocycles. The van der Waals surface area contributed by atoms with Crippen LogP contribution in [0.15, 0.2) is 47.1 Å². The van der Waals surface area contributed by atoms with E-state index in [9.17, 15) is 13.2 Å². The minimum atomic E-state index is -2.21. The standard InChI is InChI=1S/C14H10FN3O3S/c15-10-3-1-9(2-4-10)14-16-13(7-21-14)12-6-5-11(17-18-12)8-22(19)20/h1-7H,8H2,(H,19,20)/p-1. The molecule has 8 heteroatoms. The molecule has 0 saturated heterocycles. The van der Waals surface area contributed by atoms with Crippen molar-refractivity contribution in [1.82, 2.24) is 15.2 Å². The minimum Gasteiger partial charge on any atom is -0.772 e. The lowest BCUT2D eigenvalue weighted by molar-refractivity contribution is 0.535. The highest BCUT2D eigenvalue weighted by Crippen LogP contribution is 2.23. The van der Waals surface area contributed by atoms with E-state index in [4.69, 9.17) is 4.42 Å². The highest BCUT2D eigenvalue weighted by atomic mass is 32.2. The topological polar surface area (TPSA) is 91.9 Å². The Balaban J connectivity index is 1.84. The lowest BCUT2D eigenvalue weighted by Gasteiger charge is -2.03. The van der Waals surface area contributed by atoms with Gasteiger partial charge in [-0.2, -0.15) is 5.10 Å². The van der Waals surface area contributed by atoms with Gasteiger partial charge in [-0.3, -0.25) is 4.21 Å². The van der Waals surface area contributed by atoms with E-state index in [1.54, 1.807) is 24.3 Å². The summed E-state index contributed by atoms with van der Waals surface area (Å²) in [6.45, 7) is 0. The quantitative estimate of drug-likeness (QED) is 0.685. The monoisotopic (exact) mass is 318 g/mol. The first kappa shape index (κ1) is 14.5. The summed E-state index contributed by atoms with van der Waals surface area (Å²) in [5.74, 6) is -0.193. The highest BCUT2D eigenvalue weighted by molar-refractivity contribution is 7.78. The summed E-state index contributed by atoms with van der Waals surface area (Å²) < 4.78 is 39.4. The van der Waals surface area contributed by atoms with E-state index in [1.165, 1.54) is 18.4 Å². The molecular weight excluding hydrogens is 309 g/mol. The SMILES string of the molecule is O=S([O-])Cc1ccc(-c2coc(-c3ccc(F)cc3)n2)nn1. The van der Waals surface area contributed by atoms with E-state index >= 15 is 0 Å². The molecular formula is C14H9FN3O3S-. The second-order valence-corrected chi connectivity index (χ2v) is 5.30. The van der Waals surface area contributed by atoms with Gasteiger partial charge in [-0.05, 0) is 47.5 Å². The van der Waals surface area contributed by atoms with Gasteiger partial charge in [0, 0.05) is 5.56 Å². The van der Waals surface area contributed by atoms with Crippen LogP contribution in [0, 0.1) is 5.82 Å². The van der Waals surface area contributed by atoms with E-state index in [1.807, 2.05) is 0 Å². The molecule has 0 aliphatic carbocycles. The van der Waals surface area contributed by atoms with Crippen molar-refractivity contribution < 1.29 is 17.6 Å². The van der Waals surface area contributed by atoms with Gasteiger partial charge in [-0.25, -0.2) is 9.37 Å². The predicted octanol–water partition coefficient (Wildman–Crippen LogP) is 2.32. The zero-order chi connectivity index (χ0) is 15.5. The molecule has 22 heavy (non-hydrogen) atoms. The molecule has 0 fully saturated rings. The van der Waals surface area contributed by atoms with E-state index in [0.29, 0.717) is 28.5 Å². The molecule has 6 nitrogen and oxygen atoms in total. The van der Waals surface area contributed by atoms with E-state index in [0.717, 1.165) is 0 Å². The van der Waals surface area contributed by atoms with Crippen LogP contribution in [0.3, 0.4) is 0 Å². The molecule has 0 aliphatic rings. The van der Waals surface area contributed by atoms with Crippen LogP contribution in [0.4, 0.5) is 4.39 Å². The van der Waals surface area contributed by atoms with Gasteiger partial charge in [0.2, 0.25) is 5.89 Å². The molecule has 0 amide bonds. The van der Waals surface area contributed by atoms with Gasteiger partial charge in [0.15, 0.2) is 0 Å². The highest BCUT2D eigenvalue weighted by Gasteiger charge is 2.10. The molecule has 3 aromatic rings. The second-order valence-electron chi connectivity index (χ2n) is 4.40. The van der Waals surface area contributed by atoms with Crippen LogP contribution in [-0.4, -0.2) is 23.9 Å². The van der Waals surface area contributed by atoms with Crippen molar-refractivity contribution in [2.24, 2.45) is 0 Å². The summed E-state index contributed by atoms with van der Waals surface area (Å²) in [5.41, 5.74) is 1.90. The predicted molar refractivity (Wildman–Crippen MR) is 75.5 cm³/mol. The summed E-state index contributed by atoms with van der Waals surface area (Å²) in [6, 6.07) is 8.92. The number of rotatable bonds is 4. The molecule has 0 saturated carbocycles. The zero-order valence-corrected chi connectivity index (χ0v) is 11.9. The van der Waals surface area contributed by atoms with Crippen LogP contribution in [0.2, 0.25) is 0 Å². The van der Waals surface area contributed by atoms with Crippen LogP contribution in [-0.2, 0) is 16.8 Å². The molecule has 2 aromatic heterocycles. The van der Waals surface area contributed by atoms with Crippen molar-refractivity contribution in [3.63, 3.8) is 0 Å². The Morgan fingerprint density at radius 1 is 1.09 bits per heavy atom. The maximum Gasteiger partial charge on any atom is 0.226 e. The maximum atomic E-state index is 12.9.